The predicted octanol–water partition coefficient (Wildman–Crippen LogP) is 2.28. The van der Waals surface area contributed by atoms with E-state index in [1.165, 1.54) is 12.3 Å². The summed E-state index contributed by atoms with van der Waals surface area (Å²) < 4.78 is 5.05. The SMILES string of the molecule is Nc1ncc(-c2cc(Cl)ccc2O)o1. The van der Waals surface area contributed by atoms with Crippen molar-refractivity contribution in [2.75, 3.05) is 5.73 Å². The molecule has 4 nitrogen and oxygen atoms in total. The maximum atomic E-state index is 9.51. The molecule has 0 aliphatic carbocycles. The van der Waals surface area contributed by atoms with Gasteiger partial charge in [0, 0.05) is 5.02 Å². The summed E-state index contributed by atoms with van der Waals surface area (Å²) in [6.07, 6.45) is 1.43. The van der Waals surface area contributed by atoms with Gasteiger partial charge in [0.05, 0.1) is 11.8 Å². The Bertz CT molecular complexity index is 468. The molecule has 0 amide bonds. The van der Waals surface area contributed by atoms with Crippen molar-refractivity contribution in [2.45, 2.75) is 0 Å². The summed E-state index contributed by atoms with van der Waals surface area (Å²) >= 11 is 5.77. The molecule has 3 N–H and O–H groups in total. The van der Waals surface area contributed by atoms with E-state index in [1.807, 2.05) is 0 Å². The maximum Gasteiger partial charge on any atom is 0.292 e. The second-order valence-electron chi connectivity index (χ2n) is 2.72. The lowest BCUT2D eigenvalue weighted by Crippen LogP contribution is -1.80. The van der Waals surface area contributed by atoms with Gasteiger partial charge in [-0.3, -0.25) is 0 Å². The number of nitrogens with two attached hydrogens (primary N) is 1. The summed E-state index contributed by atoms with van der Waals surface area (Å²) in [4.78, 5) is 3.72. The van der Waals surface area contributed by atoms with Gasteiger partial charge >= 0.3 is 0 Å². The molecule has 5 heteroatoms. The minimum Gasteiger partial charge on any atom is -0.507 e. The third-order valence-corrected chi connectivity index (χ3v) is 1.98. The fourth-order valence-corrected chi connectivity index (χ4v) is 1.29. The number of benzene rings is 1. The van der Waals surface area contributed by atoms with Crippen molar-refractivity contribution in [3.05, 3.63) is 29.4 Å². The highest BCUT2D eigenvalue weighted by atomic mass is 35.5. The molecule has 1 heterocycles. The van der Waals surface area contributed by atoms with Gasteiger partial charge in [0.25, 0.3) is 6.01 Å². The first-order valence-corrected chi connectivity index (χ1v) is 4.25. The highest BCUT2D eigenvalue weighted by molar-refractivity contribution is 6.30. The summed E-state index contributed by atoms with van der Waals surface area (Å²) in [5.74, 6) is 0.466. The molecule has 2 aromatic rings. The molecule has 0 fully saturated rings. The molecule has 0 unspecified atom stereocenters. The van der Waals surface area contributed by atoms with Crippen molar-refractivity contribution in [3.8, 4) is 17.1 Å². The maximum absolute atomic E-state index is 9.51. The Labute approximate surface area is 84.9 Å². The van der Waals surface area contributed by atoms with Gasteiger partial charge in [0.15, 0.2) is 5.76 Å². The second-order valence-corrected chi connectivity index (χ2v) is 3.16. The topological polar surface area (TPSA) is 72.3 Å². The van der Waals surface area contributed by atoms with Crippen LogP contribution in [0, 0.1) is 0 Å². The molecule has 0 saturated heterocycles. The van der Waals surface area contributed by atoms with Crippen LogP contribution in [0.15, 0.2) is 28.8 Å². The number of nitrogens with zero attached hydrogens (tertiary/aromatic N) is 1. The van der Waals surface area contributed by atoms with Crippen LogP contribution in [0.4, 0.5) is 6.01 Å². The highest BCUT2D eigenvalue weighted by Gasteiger charge is 2.09. The number of anilines is 1. The number of hydrogen-bond acceptors (Lipinski definition) is 4. The number of aromatic nitrogens is 1. The minimum atomic E-state index is 0.0550. The van der Waals surface area contributed by atoms with Crippen LogP contribution in [-0.4, -0.2) is 10.1 Å². The first kappa shape index (κ1) is 8.90. The smallest absolute Gasteiger partial charge is 0.292 e. The van der Waals surface area contributed by atoms with Gasteiger partial charge in [0.1, 0.15) is 5.75 Å². The number of phenolic OH excluding ortho intramolecular Hbond substituents is 1. The molecule has 2 rings (SSSR count). The summed E-state index contributed by atoms with van der Waals surface area (Å²) in [5, 5.41) is 10.0. The van der Waals surface area contributed by atoms with Crippen LogP contribution in [0.3, 0.4) is 0 Å². The Morgan fingerprint density at radius 1 is 1.43 bits per heavy atom. The lowest BCUT2D eigenvalue weighted by molar-refractivity contribution is 0.474. The Morgan fingerprint density at radius 2 is 2.21 bits per heavy atom. The van der Waals surface area contributed by atoms with E-state index < -0.39 is 0 Å². The minimum absolute atomic E-state index is 0.0550. The van der Waals surface area contributed by atoms with E-state index in [-0.39, 0.29) is 11.8 Å². The first-order valence-electron chi connectivity index (χ1n) is 3.87. The lowest BCUT2D eigenvalue weighted by Gasteiger charge is -2.00. The third kappa shape index (κ3) is 1.52. The van der Waals surface area contributed by atoms with E-state index >= 15 is 0 Å². The van der Waals surface area contributed by atoms with Crippen molar-refractivity contribution in [3.63, 3.8) is 0 Å². The molecule has 0 bridgehead atoms. The van der Waals surface area contributed by atoms with E-state index in [0.29, 0.717) is 16.3 Å². The van der Waals surface area contributed by atoms with Gasteiger partial charge in [0.2, 0.25) is 0 Å². The highest BCUT2D eigenvalue weighted by Crippen LogP contribution is 2.32. The van der Waals surface area contributed by atoms with Gasteiger partial charge < -0.3 is 15.3 Å². The second kappa shape index (κ2) is 3.23. The normalized spacial score (nSPS) is 10.4. The van der Waals surface area contributed by atoms with Crippen LogP contribution in [0.1, 0.15) is 0 Å². The molecule has 0 aliphatic rings. The van der Waals surface area contributed by atoms with E-state index in [1.54, 1.807) is 12.1 Å². The van der Waals surface area contributed by atoms with E-state index in [2.05, 4.69) is 4.98 Å². The van der Waals surface area contributed by atoms with E-state index in [4.69, 9.17) is 21.8 Å². The molecular formula is C9H7ClN2O2. The summed E-state index contributed by atoms with van der Waals surface area (Å²) in [6.45, 7) is 0. The van der Waals surface area contributed by atoms with Gasteiger partial charge in [-0.05, 0) is 18.2 Å². The standard InChI is InChI=1S/C9H7ClN2O2/c10-5-1-2-7(13)6(3-5)8-4-12-9(11)14-8/h1-4,13H,(H2,11,12). The van der Waals surface area contributed by atoms with Crippen molar-refractivity contribution < 1.29 is 9.52 Å². The van der Waals surface area contributed by atoms with Gasteiger partial charge in [-0.1, -0.05) is 11.6 Å². The molecule has 1 aromatic carbocycles. The number of phenols is 1. The monoisotopic (exact) mass is 210 g/mol. The average Bonchev–Trinajstić information content (AvgIpc) is 2.56. The Balaban J connectivity index is 2.55. The molecule has 0 radical (unpaired) electrons. The Morgan fingerprint density at radius 3 is 2.86 bits per heavy atom. The fourth-order valence-electron chi connectivity index (χ4n) is 1.12. The molecule has 0 atom stereocenters. The van der Waals surface area contributed by atoms with Crippen LogP contribution in [0.2, 0.25) is 5.02 Å². The van der Waals surface area contributed by atoms with Gasteiger partial charge in [-0.25, -0.2) is 4.98 Å². The zero-order chi connectivity index (χ0) is 10.1. The van der Waals surface area contributed by atoms with Crippen LogP contribution in [-0.2, 0) is 0 Å². The number of rotatable bonds is 1. The largest absolute Gasteiger partial charge is 0.507 e. The molecule has 72 valence electrons. The van der Waals surface area contributed by atoms with Crippen molar-refractivity contribution >= 4 is 17.6 Å². The fraction of sp³-hybridized carbons (Fsp3) is 0. The number of nitrogen functional groups attached to an aromatic ring is 1. The molecule has 0 aliphatic heterocycles. The third-order valence-electron chi connectivity index (χ3n) is 1.75. The van der Waals surface area contributed by atoms with Crippen molar-refractivity contribution in [2.24, 2.45) is 0 Å². The summed E-state index contributed by atoms with van der Waals surface area (Å²) in [6, 6.07) is 4.70. The number of aromatic hydroxyl groups is 1. The molecular weight excluding hydrogens is 204 g/mol. The quantitative estimate of drug-likeness (QED) is 0.758. The predicted molar refractivity (Wildman–Crippen MR) is 53.0 cm³/mol. The average molecular weight is 211 g/mol. The van der Waals surface area contributed by atoms with Crippen LogP contribution < -0.4 is 5.73 Å². The lowest BCUT2D eigenvalue weighted by atomic mass is 10.1. The van der Waals surface area contributed by atoms with Gasteiger partial charge in [-0.2, -0.15) is 0 Å². The van der Waals surface area contributed by atoms with Crippen LogP contribution in [0.25, 0.3) is 11.3 Å². The summed E-state index contributed by atoms with van der Waals surface area (Å²) in [7, 11) is 0. The summed E-state index contributed by atoms with van der Waals surface area (Å²) in [5.41, 5.74) is 5.79. The first-order chi connectivity index (χ1) is 6.66. The number of halogens is 1. The van der Waals surface area contributed by atoms with Crippen LogP contribution in [0.5, 0.6) is 5.75 Å². The van der Waals surface area contributed by atoms with Crippen molar-refractivity contribution in [1.29, 1.82) is 0 Å². The zero-order valence-electron chi connectivity index (χ0n) is 7.07. The van der Waals surface area contributed by atoms with E-state index in [0.717, 1.165) is 0 Å². The van der Waals surface area contributed by atoms with E-state index in [9.17, 15) is 5.11 Å². The molecule has 0 spiro atoms. The molecule has 1 aromatic heterocycles. The zero-order valence-corrected chi connectivity index (χ0v) is 7.82. The molecule has 0 saturated carbocycles. The van der Waals surface area contributed by atoms with Crippen molar-refractivity contribution in [1.82, 2.24) is 4.98 Å². The van der Waals surface area contributed by atoms with Crippen LogP contribution >= 0.6 is 11.6 Å². The Kier molecular flexibility index (Phi) is 2.05. The van der Waals surface area contributed by atoms with Gasteiger partial charge in [-0.15, -0.1) is 0 Å². The number of hydrogen-bond donors (Lipinski definition) is 2. The number of oxazole rings is 1. The molecule has 14 heavy (non-hydrogen) atoms. The Hall–Kier alpha value is -1.68.